The summed E-state index contributed by atoms with van der Waals surface area (Å²) < 4.78 is 12.9. The smallest absolute Gasteiger partial charge is 0.259 e. The number of rotatable bonds is 0. The van der Waals surface area contributed by atoms with Crippen LogP contribution < -0.4 is 9.47 Å². The van der Waals surface area contributed by atoms with Gasteiger partial charge in [0.2, 0.25) is 0 Å². The van der Waals surface area contributed by atoms with Gasteiger partial charge in [-0.1, -0.05) is 60.2 Å². The third kappa shape index (κ3) is 2.91. The average molecular weight is 354 g/mol. The van der Waals surface area contributed by atoms with Crippen LogP contribution in [0.4, 0.5) is 0 Å². The predicted molar refractivity (Wildman–Crippen MR) is 109 cm³/mol. The Morgan fingerprint density at radius 2 is 1.15 bits per heavy atom. The minimum Gasteiger partial charge on any atom is -0.451 e. The average Bonchev–Trinajstić information content (AvgIpc) is 3.14. The second-order valence-corrected chi connectivity index (χ2v) is 7.66. The molecule has 0 bridgehead atoms. The fourth-order valence-corrected chi connectivity index (χ4v) is 4.10. The Labute approximate surface area is 159 Å². The lowest BCUT2D eigenvalue weighted by Gasteiger charge is -2.22. The summed E-state index contributed by atoms with van der Waals surface area (Å²) in [4.78, 5) is 0. The van der Waals surface area contributed by atoms with E-state index in [0.29, 0.717) is 0 Å². The molecule has 1 unspecified atom stereocenters. The fraction of sp³-hybridized carbons (Fsp3) is 0.200. The van der Waals surface area contributed by atoms with E-state index in [9.17, 15) is 0 Å². The van der Waals surface area contributed by atoms with Crippen molar-refractivity contribution in [3.05, 3.63) is 95.1 Å². The summed E-state index contributed by atoms with van der Waals surface area (Å²) in [5, 5.41) is 2.45. The molecule has 5 rings (SSSR count). The minimum atomic E-state index is -0.626. The molecule has 27 heavy (non-hydrogen) atoms. The first-order valence-electron chi connectivity index (χ1n) is 9.44. The van der Waals surface area contributed by atoms with Gasteiger partial charge in [0.15, 0.2) is 0 Å². The molecule has 1 atom stereocenters. The van der Waals surface area contributed by atoms with Gasteiger partial charge in [-0.15, -0.1) is 0 Å². The largest absolute Gasteiger partial charge is 0.451 e. The summed E-state index contributed by atoms with van der Waals surface area (Å²) in [5.41, 5.74) is 4.80. The first kappa shape index (κ1) is 16.2. The monoisotopic (exact) mass is 354 g/mol. The van der Waals surface area contributed by atoms with Gasteiger partial charge >= 0.3 is 0 Å². The van der Waals surface area contributed by atoms with Crippen LogP contribution in [0.15, 0.2) is 72.8 Å². The fourth-order valence-electron chi connectivity index (χ4n) is 4.10. The van der Waals surface area contributed by atoms with E-state index in [0.717, 1.165) is 24.3 Å². The van der Waals surface area contributed by atoms with Crippen molar-refractivity contribution in [3.63, 3.8) is 0 Å². The van der Waals surface area contributed by atoms with Gasteiger partial charge in [0.1, 0.15) is 11.5 Å². The molecule has 0 aliphatic carbocycles. The normalized spacial score (nSPS) is 19.2. The Morgan fingerprint density at radius 1 is 0.630 bits per heavy atom. The van der Waals surface area contributed by atoms with E-state index < -0.39 is 5.79 Å². The summed E-state index contributed by atoms with van der Waals surface area (Å²) in [6.07, 6.45) is 1.53. The van der Waals surface area contributed by atoms with E-state index in [1.54, 1.807) is 0 Å². The standard InChI is InChI=1S/C25H22O2/c1-17-7-3-4-8-18(2)12-23-21(11-17)15-25(26-23)16-22-13-19-9-5-6-10-20(19)14-24(22)27-25/h3-14H,15-16H2,1-2H3. The molecule has 2 heterocycles. The molecule has 134 valence electrons. The van der Waals surface area contributed by atoms with Crippen LogP contribution in [0.2, 0.25) is 0 Å². The molecule has 2 aliphatic rings. The van der Waals surface area contributed by atoms with Gasteiger partial charge in [-0.3, -0.25) is 0 Å². The summed E-state index contributed by atoms with van der Waals surface area (Å²) in [6.45, 7) is 4.22. The first-order valence-corrected chi connectivity index (χ1v) is 9.44. The zero-order chi connectivity index (χ0) is 18.4. The quantitative estimate of drug-likeness (QED) is 0.504. The highest BCUT2D eigenvalue weighted by atomic mass is 16.7. The molecular formula is C25H22O2. The molecule has 2 nitrogen and oxygen atoms in total. The molecule has 0 aromatic heterocycles. The molecular weight excluding hydrogens is 332 g/mol. The van der Waals surface area contributed by atoms with Crippen LogP contribution >= 0.6 is 0 Å². The summed E-state index contributed by atoms with van der Waals surface area (Å²) >= 11 is 0. The van der Waals surface area contributed by atoms with Crippen LogP contribution in [-0.4, -0.2) is 5.79 Å². The zero-order valence-corrected chi connectivity index (χ0v) is 15.7. The number of aryl methyl sites for hydroxylation is 2. The van der Waals surface area contributed by atoms with Crippen LogP contribution in [0.25, 0.3) is 10.8 Å². The molecule has 0 saturated carbocycles. The van der Waals surface area contributed by atoms with E-state index in [4.69, 9.17) is 9.47 Å². The van der Waals surface area contributed by atoms with Gasteiger partial charge in [-0.05, 0) is 48.4 Å². The summed E-state index contributed by atoms with van der Waals surface area (Å²) in [6, 6.07) is 25.5. The molecule has 2 heteroatoms. The molecule has 0 fully saturated rings. The van der Waals surface area contributed by atoms with Gasteiger partial charge in [0, 0.05) is 11.1 Å². The van der Waals surface area contributed by atoms with Crippen LogP contribution in [0.5, 0.6) is 11.5 Å². The predicted octanol–water partition coefficient (Wildman–Crippen LogP) is 5.85. The Hall–Kier alpha value is -3.00. The molecule has 3 aromatic rings. The van der Waals surface area contributed by atoms with Crippen molar-refractivity contribution in [1.29, 1.82) is 0 Å². The molecule has 0 amide bonds. The molecule has 0 N–H and O–H groups in total. The zero-order valence-electron chi connectivity index (χ0n) is 15.7. The molecule has 0 saturated heterocycles. The number of hydrogen-bond donors (Lipinski definition) is 0. The lowest BCUT2D eigenvalue weighted by molar-refractivity contribution is -0.0789. The molecule has 2 aliphatic heterocycles. The molecule has 1 spiro atoms. The van der Waals surface area contributed by atoms with E-state index in [-0.39, 0.29) is 0 Å². The Kier molecular flexibility index (Phi) is 3.61. The second kappa shape index (κ2) is 6.02. The Bertz CT molecular complexity index is 1020. The van der Waals surface area contributed by atoms with E-state index >= 15 is 0 Å². The maximum Gasteiger partial charge on any atom is 0.259 e. The van der Waals surface area contributed by atoms with Crippen LogP contribution in [0.1, 0.15) is 22.3 Å². The van der Waals surface area contributed by atoms with E-state index in [1.165, 1.54) is 33.0 Å². The van der Waals surface area contributed by atoms with Gasteiger partial charge in [-0.25, -0.2) is 0 Å². The van der Waals surface area contributed by atoms with Crippen LogP contribution in [-0.2, 0) is 12.8 Å². The van der Waals surface area contributed by atoms with Crippen molar-refractivity contribution in [2.45, 2.75) is 32.5 Å². The molecule has 3 aromatic carbocycles. The van der Waals surface area contributed by atoms with Gasteiger partial charge < -0.3 is 9.47 Å². The Morgan fingerprint density at radius 3 is 1.85 bits per heavy atom. The van der Waals surface area contributed by atoms with Gasteiger partial charge in [0.05, 0.1) is 12.8 Å². The number of ether oxygens (including phenoxy) is 2. The molecule has 0 radical (unpaired) electrons. The van der Waals surface area contributed by atoms with Crippen molar-refractivity contribution in [2.75, 3.05) is 0 Å². The third-order valence-corrected chi connectivity index (χ3v) is 5.35. The topological polar surface area (TPSA) is 18.5 Å². The van der Waals surface area contributed by atoms with Crippen molar-refractivity contribution in [1.82, 2.24) is 0 Å². The van der Waals surface area contributed by atoms with Crippen LogP contribution in [0.3, 0.4) is 0 Å². The van der Waals surface area contributed by atoms with Crippen molar-refractivity contribution in [2.24, 2.45) is 0 Å². The van der Waals surface area contributed by atoms with Gasteiger partial charge in [-0.2, -0.15) is 0 Å². The van der Waals surface area contributed by atoms with E-state index in [1.807, 2.05) is 0 Å². The highest BCUT2D eigenvalue weighted by Crippen LogP contribution is 2.45. The maximum absolute atomic E-state index is 6.45. The van der Waals surface area contributed by atoms with Crippen molar-refractivity contribution >= 4 is 10.8 Å². The van der Waals surface area contributed by atoms with E-state index in [2.05, 4.69) is 86.6 Å². The summed E-state index contributed by atoms with van der Waals surface area (Å²) in [5.74, 6) is 1.24. The van der Waals surface area contributed by atoms with Crippen molar-refractivity contribution in [3.8, 4) is 11.5 Å². The van der Waals surface area contributed by atoms with Crippen molar-refractivity contribution < 1.29 is 9.47 Å². The highest BCUT2D eigenvalue weighted by Gasteiger charge is 2.46. The summed E-state index contributed by atoms with van der Waals surface area (Å²) in [7, 11) is 0. The number of fused-ring (bicyclic) bond motifs is 3. The SMILES string of the molecule is Cc1ccccc(C)cc2c(c1)CC1(Cc3cc4ccccc4cc3O1)O2. The number of benzene rings is 2. The Balaban J connectivity index is 1.58. The highest BCUT2D eigenvalue weighted by molar-refractivity contribution is 5.85. The van der Waals surface area contributed by atoms with Crippen LogP contribution in [0, 0.1) is 13.8 Å². The van der Waals surface area contributed by atoms with Gasteiger partial charge in [0.25, 0.3) is 5.79 Å². The third-order valence-electron chi connectivity index (χ3n) is 5.35. The number of hydrogen-bond acceptors (Lipinski definition) is 2. The minimum absolute atomic E-state index is 0.626. The first-order chi connectivity index (χ1) is 13.1. The lowest BCUT2D eigenvalue weighted by atomic mass is 10.00. The lowest BCUT2D eigenvalue weighted by Crippen LogP contribution is -2.39. The second-order valence-electron chi connectivity index (χ2n) is 7.66. The maximum atomic E-state index is 6.45.